The molecule has 2 aromatic carbocycles. The van der Waals surface area contributed by atoms with Crippen molar-refractivity contribution in [3.63, 3.8) is 0 Å². The number of methoxy groups -OCH3 is 1. The summed E-state index contributed by atoms with van der Waals surface area (Å²) in [5, 5.41) is 38.0. The smallest absolute Gasteiger partial charge is 0.408 e. The van der Waals surface area contributed by atoms with Crippen molar-refractivity contribution >= 4 is 58.6 Å². The maximum absolute atomic E-state index is 14.4. The number of guanidine groups is 1. The predicted octanol–water partition coefficient (Wildman–Crippen LogP) is -1.38. The Balaban J connectivity index is 1.31. The zero-order valence-corrected chi connectivity index (χ0v) is 40.1. The summed E-state index contributed by atoms with van der Waals surface area (Å²) in [6.07, 6.45) is -0.748. The van der Waals surface area contributed by atoms with Gasteiger partial charge in [0.1, 0.15) is 49.0 Å². The molecule has 3 heterocycles. The maximum Gasteiger partial charge on any atom is 0.408 e. The molecule has 1 aliphatic heterocycles. The van der Waals surface area contributed by atoms with Gasteiger partial charge in [0, 0.05) is 40.5 Å². The number of imidazole rings is 1. The highest BCUT2D eigenvalue weighted by Crippen LogP contribution is 2.33. The fourth-order valence-corrected chi connectivity index (χ4v) is 7.63. The minimum Gasteiger partial charge on any atom is -0.497 e. The summed E-state index contributed by atoms with van der Waals surface area (Å²) < 4.78 is 18.2. The number of hydrogen-bond donors (Lipinski definition) is 10. The quantitative estimate of drug-likeness (QED) is 0.0197. The number of nitrogens with zero attached hydrogens (tertiary/aromatic N) is 6. The lowest BCUT2D eigenvalue weighted by Gasteiger charge is -2.27. The van der Waals surface area contributed by atoms with Gasteiger partial charge in [-0.25, -0.2) is 19.7 Å². The molecule has 5 rings (SSSR count). The summed E-state index contributed by atoms with van der Waals surface area (Å²) in [5.41, 5.74) is 13.0. The van der Waals surface area contributed by atoms with Crippen LogP contribution in [0.15, 0.2) is 72.2 Å². The molecule has 71 heavy (non-hydrogen) atoms. The lowest BCUT2D eigenvalue weighted by molar-refractivity contribution is -0.133. The van der Waals surface area contributed by atoms with Gasteiger partial charge in [-0.15, -0.1) is 0 Å². The van der Waals surface area contributed by atoms with Crippen LogP contribution in [-0.2, 0) is 46.5 Å². The zero-order chi connectivity index (χ0) is 51.5. The molecule has 25 nitrogen and oxygen atoms in total. The number of nitrogens with one attached hydrogen (secondary N) is 6. The number of unbranched alkanes of at least 4 members (excludes halogenated alkanes) is 1. The minimum atomic E-state index is -1.44. The van der Waals surface area contributed by atoms with Crippen LogP contribution in [0.25, 0.3) is 11.2 Å². The fourth-order valence-electron chi connectivity index (χ4n) is 7.63. The van der Waals surface area contributed by atoms with E-state index in [1.54, 1.807) is 67.5 Å². The number of hydrogen-bond acceptors (Lipinski definition) is 16. The molecule has 1 aliphatic rings. The Hall–Kier alpha value is -7.64. The number of fused-ring (bicyclic) bond motifs is 1. The van der Waals surface area contributed by atoms with Gasteiger partial charge in [0.15, 0.2) is 29.2 Å². The second kappa shape index (κ2) is 26.9. The van der Waals surface area contributed by atoms with E-state index in [9.17, 15) is 39.0 Å². The Kier molecular flexibility index (Phi) is 20.6. The number of carbonyl (C=O) groups excluding carboxylic acids is 6. The Morgan fingerprint density at radius 2 is 1.58 bits per heavy atom. The van der Waals surface area contributed by atoms with E-state index in [2.05, 4.69) is 51.8 Å². The number of carbonyl (C=O) groups is 6. The summed E-state index contributed by atoms with van der Waals surface area (Å²) in [5.74, 6) is -2.37. The number of amides is 6. The number of ether oxygens (including phenoxy) is 3. The molecule has 2 aromatic heterocycles. The van der Waals surface area contributed by atoms with Gasteiger partial charge in [-0.2, -0.15) is 0 Å². The van der Waals surface area contributed by atoms with Crippen molar-refractivity contribution in [1.29, 1.82) is 0 Å². The van der Waals surface area contributed by atoms with Crippen molar-refractivity contribution in [2.24, 2.45) is 16.5 Å². The highest BCUT2D eigenvalue weighted by atomic mass is 16.6. The van der Waals surface area contributed by atoms with Gasteiger partial charge in [-0.05, 0) is 55.4 Å². The first-order chi connectivity index (χ1) is 34.1. The molecule has 12 N–H and O–H groups in total. The van der Waals surface area contributed by atoms with Crippen molar-refractivity contribution in [1.82, 2.24) is 51.4 Å². The normalized spacial score (nSPS) is 17.4. The molecule has 0 saturated carbocycles. The van der Waals surface area contributed by atoms with E-state index >= 15 is 0 Å². The molecule has 0 bridgehead atoms. The summed E-state index contributed by atoms with van der Waals surface area (Å²) >= 11 is 0. The zero-order valence-electron chi connectivity index (χ0n) is 40.1. The first-order valence-corrected chi connectivity index (χ1v) is 22.9. The van der Waals surface area contributed by atoms with E-state index in [4.69, 9.17) is 25.7 Å². The Morgan fingerprint density at radius 3 is 2.25 bits per heavy atom. The molecule has 4 unspecified atom stereocenters. The van der Waals surface area contributed by atoms with Crippen molar-refractivity contribution in [3.8, 4) is 5.75 Å². The van der Waals surface area contributed by atoms with Crippen molar-refractivity contribution in [3.05, 3.63) is 78.4 Å². The number of anilines is 1. The molecule has 0 aliphatic carbocycles. The number of aromatic nitrogens is 4. The van der Waals surface area contributed by atoms with Crippen LogP contribution in [0.5, 0.6) is 5.75 Å². The Morgan fingerprint density at radius 1 is 0.859 bits per heavy atom. The van der Waals surface area contributed by atoms with Gasteiger partial charge in [-0.3, -0.25) is 33.5 Å². The molecule has 7 atom stereocenters. The predicted molar refractivity (Wildman–Crippen MR) is 258 cm³/mol. The highest BCUT2D eigenvalue weighted by Gasteiger charge is 2.46. The number of nitrogens with two attached hydrogens (primary N) is 2. The molecule has 1 fully saturated rings. The third kappa shape index (κ3) is 16.2. The average molecular weight is 989 g/mol. The van der Waals surface area contributed by atoms with E-state index in [0.29, 0.717) is 47.7 Å². The lowest BCUT2D eigenvalue weighted by atomic mass is 10.0. The monoisotopic (exact) mass is 988 g/mol. The van der Waals surface area contributed by atoms with Crippen LogP contribution in [-0.4, -0.2) is 155 Å². The second-order valence-corrected chi connectivity index (χ2v) is 16.8. The second-order valence-electron chi connectivity index (χ2n) is 16.8. The van der Waals surface area contributed by atoms with Gasteiger partial charge >= 0.3 is 6.09 Å². The van der Waals surface area contributed by atoms with Gasteiger partial charge in [0.05, 0.1) is 32.6 Å². The first-order valence-electron chi connectivity index (χ1n) is 22.9. The van der Waals surface area contributed by atoms with Gasteiger partial charge in [0.25, 0.3) is 0 Å². The van der Waals surface area contributed by atoms with Gasteiger partial charge in [0.2, 0.25) is 29.5 Å². The van der Waals surface area contributed by atoms with Crippen molar-refractivity contribution in [2.45, 2.75) is 94.7 Å². The average Bonchev–Trinajstić information content (AvgIpc) is 3.92. The molecule has 6 amide bonds. The molecule has 384 valence electrons. The lowest BCUT2D eigenvalue weighted by Crippen LogP contribution is -2.58. The van der Waals surface area contributed by atoms with Crippen LogP contribution in [0.3, 0.4) is 0 Å². The van der Waals surface area contributed by atoms with Crippen molar-refractivity contribution < 1.29 is 53.2 Å². The molecule has 4 aromatic rings. The molecular weight excluding hydrogens is 925 g/mol. The number of aliphatic hydroxyl groups is 2. The number of aliphatic hydroxyl groups excluding tert-OH is 2. The van der Waals surface area contributed by atoms with E-state index in [1.165, 1.54) is 31.3 Å². The summed E-state index contributed by atoms with van der Waals surface area (Å²) in [6.45, 7) is 0.526. The Labute approximate surface area is 409 Å². The van der Waals surface area contributed by atoms with E-state index in [-0.39, 0.29) is 50.7 Å². The molecule has 25 heteroatoms. The third-order valence-corrected chi connectivity index (χ3v) is 11.3. The number of rotatable bonds is 26. The summed E-state index contributed by atoms with van der Waals surface area (Å²) in [7, 11) is 5.07. The summed E-state index contributed by atoms with van der Waals surface area (Å²) in [6, 6.07) is 10.7. The molecular formula is C46H64N14O11. The number of alkyl carbamates (subject to hydrolysis) is 1. The van der Waals surface area contributed by atoms with E-state index < -0.39 is 85.5 Å². The SMILES string of the molecule is COc1ccc(CC(NC(=O)C(CCCCNC(C)=O)NC(=O)CNC(=O)C(CCCN=C(N)N)NC(=O)OCc2ccccc2)C(=O)NC2[C@@H](CO)O[C@@H](n3cnc4c(N(C)C)ncnc43)[C@H]2O)cc1. The van der Waals surface area contributed by atoms with Crippen LogP contribution < -0.4 is 53.0 Å². The topological polar surface area (TPSA) is 354 Å². The molecule has 0 spiro atoms. The number of benzene rings is 2. The number of aliphatic imine (C=N–C) groups is 1. The van der Waals surface area contributed by atoms with Crippen LogP contribution in [0, 0.1) is 0 Å². The van der Waals surface area contributed by atoms with Crippen molar-refractivity contribution in [2.75, 3.05) is 52.3 Å². The van der Waals surface area contributed by atoms with E-state index in [0.717, 1.165) is 5.56 Å². The largest absolute Gasteiger partial charge is 0.497 e. The van der Waals surface area contributed by atoms with Crippen LogP contribution in [0.1, 0.15) is 56.4 Å². The maximum atomic E-state index is 14.4. The molecule has 0 radical (unpaired) electrons. The fraction of sp³-hybridized carbons (Fsp3) is 0.478. The highest BCUT2D eigenvalue weighted by molar-refractivity contribution is 5.94. The Bertz CT molecular complexity index is 2440. The minimum absolute atomic E-state index is 0.0472. The van der Waals surface area contributed by atoms with Crippen LogP contribution >= 0.6 is 0 Å². The van der Waals surface area contributed by atoms with Crippen LogP contribution in [0.2, 0.25) is 0 Å². The van der Waals surface area contributed by atoms with Gasteiger partial charge in [-0.1, -0.05) is 42.5 Å². The van der Waals surface area contributed by atoms with Crippen LogP contribution in [0.4, 0.5) is 10.6 Å². The standard InChI is InChI=1S/C46H64N14O11/c1-27(62)49-19-9-8-13-32(55-35(63)22-51-41(65)31(14-10-20-50-45(47)48)57-46(68)70-24-29-11-6-5-7-12-29)42(66)56-33(21-28-15-17-30(69-4)18-16-28)43(67)58-36-34(23-61)71-44(38(36)64)60-26-54-37-39(59(2)3)52-25-53-40(37)60/h5-7,11-12,15-18,25-26,31-34,36,38,44,61,64H,8-10,13-14,19-24H2,1-4H3,(H,49,62)(H,51,65)(H,55,63)(H,56,66)(H,57,68)(H,58,67)(H4,47,48,50)/t31?,32?,33?,34-,36?,38+,44-/m1/s1. The molecule has 1 saturated heterocycles. The first kappa shape index (κ1) is 54.3. The summed E-state index contributed by atoms with van der Waals surface area (Å²) in [4.78, 5) is 98.7. The third-order valence-electron chi connectivity index (χ3n) is 11.3. The van der Waals surface area contributed by atoms with Gasteiger partial charge < -0.3 is 72.7 Å². The van der Waals surface area contributed by atoms with E-state index in [1.807, 2.05) is 6.07 Å².